The van der Waals surface area contributed by atoms with E-state index in [9.17, 15) is 4.79 Å². The van der Waals surface area contributed by atoms with Crippen LogP contribution in [-0.2, 0) is 13.1 Å². The summed E-state index contributed by atoms with van der Waals surface area (Å²) in [5.41, 5.74) is 6.15. The van der Waals surface area contributed by atoms with Crippen LogP contribution in [0.4, 0.5) is 5.82 Å². The summed E-state index contributed by atoms with van der Waals surface area (Å²) in [7, 11) is 0. The normalized spacial score (nSPS) is 14.6. The third-order valence-electron chi connectivity index (χ3n) is 7.63. The van der Waals surface area contributed by atoms with Gasteiger partial charge < -0.3 is 14.8 Å². The number of nitrogens with one attached hydrogen (secondary N) is 2. The van der Waals surface area contributed by atoms with Crippen molar-refractivity contribution in [2.75, 3.05) is 38.0 Å². The van der Waals surface area contributed by atoms with Crippen LogP contribution in [0.25, 0.3) is 22.2 Å². The Labute approximate surface area is 229 Å². The number of hydrogen-bond acceptors (Lipinski definition) is 4. The standard InChI is InChI=1S/C32H34N6O/c1-2-36-16-18-37(19-17-36)22-25-8-10-27(11-9-25)32(39)33-31-21-29(34-35-31)28-13-12-26-14-15-38(30(26)20-28)23-24-6-4-3-5-7-24/h3-15,20-21H,2,16-19,22-23H2,1H3,(H2,33,34,35,39). The van der Waals surface area contributed by atoms with Gasteiger partial charge in [-0.2, -0.15) is 5.10 Å². The van der Waals surface area contributed by atoms with Crippen LogP contribution in [0.3, 0.4) is 0 Å². The van der Waals surface area contributed by atoms with Gasteiger partial charge in [0.2, 0.25) is 0 Å². The number of aromatic amines is 1. The molecule has 0 atom stereocenters. The van der Waals surface area contributed by atoms with E-state index in [1.54, 1.807) is 0 Å². The summed E-state index contributed by atoms with van der Waals surface area (Å²) in [5, 5.41) is 11.6. The summed E-state index contributed by atoms with van der Waals surface area (Å²) in [5.74, 6) is 0.344. The summed E-state index contributed by atoms with van der Waals surface area (Å²) in [6, 6.07) is 28.7. The SMILES string of the molecule is CCN1CCN(Cc2ccc(C(=O)Nc3cc(-c4ccc5ccn(Cc6ccccc6)c5c4)[nH]n3)cc2)CC1. The van der Waals surface area contributed by atoms with Crippen molar-refractivity contribution in [1.29, 1.82) is 0 Å². The van der Waals surface area contributed by atoms with E-state index in [4.69, 9.17) is 0 Å². The predicted octanol–water partition coefficient (Wildman–Crippen LogP) is 5.47. The summed E-state index contributed by atoms with van der Waals surface area (Å²) in [6.07, 6.45) is 2.12. The van der Waals surface area contributed by atoms with Crippen LogP contribution in [0.5, 0.6) is 0 Å². The van der Waals surface area contributed by atoms with Gasteiger partial charge >= 0.3 is 0 Å². The number of benzene rings is 3. The van der Waals surface area contributed by atoms with Gasteiger partial charge in [-0.15, -0.1) is 0 Å². The number of aromatic nitrogens is 3. The monoisotopic (exact) mass is 518 g/mol. The maximum absolute atomic E-state index is 12.9. The van der Waals surface area contributed by atoms with Gasteiger partial charge in [0.05, 0.1) is 5.69 Å². The molecule has 5 aromatic rings. The first-order chi connectivity index (χ1) is 19.1. The molecule has 1 fully saturated rings. The van der Waals surface area contributed by atoms with E-state index in [-0.39, 0.29) is 5.91 Å². The smallest absolute Gasteiger partial charge is 0.256 e. The van der Waals surface area contributed by atoms with E-state index in [1.165, 1.54) is 16.5 Å². The summed E-state index contributed by atoms with van der Waals surface area (Å²) in [4.78, 5) is 17.9. The molecule has 0 radical (unpaired) electrons. The minimum absolute atomic E-state index is 0.164. The third kappa shape index (κ3) is 5.79. The van der Waals surface area contributed by atoms with E-state index < -0.39 is 0 Å². The Morgan fingerprint density at radius 3 is 2.36 bits per heavy atom. The number of fused-ring (bicyclic) bond motifs is 1. The van der Waals surface area contributed by atoms with Gasteiger partial charge in [0, 0.05) is 68.2 Å². The molecule has 7 nitrogen and oxygen atoms in total. The highest BCUT2D eigenvalue weighted by Crippen LogP contribution is 2.26. The summed E-state index contributed by atoms with van der Waals surface area (Å²) < 4.78 is 2.25. The minimum atomic E-state index is -0.164. The van der Waals surface area contributed by atoms with Crippen molar-refractivity contribution in [3.8, 4) is 11.3 Å². The number of carbonyl (C=O) groups is 1. The molecule has 3 aromatic carbocycles. The van der Waals surface area contributed by atoms with Gasteiger partial charge in [0.15, 0.2) is 5.82 Å². The van der Waals surface area contributed by atoms with Crippen LogP contribution >= 0.6 is 0 Å². The van der Waals surface area contributed by atoms with E-state index >= 15 is 0 Å². The molecular weight excluding hydrogens is 484 g/mol. The van der Waals surface area contributed by atoms with Crippen molar-refractivity contribution < 1.29 is 4.79 Å². The first-order valence-corrected chi connectivity index (χ1v) is 13.7. The van der Waals surface area contributed by atoms with Crippen molar-refractivity contribution in [1.82, 2.24) is 24.6 Å². The largest absolute Gasteiger partial charge is 0.343 e. The van der Waals surface area contributed by atoms with E-state index in [0.29, 0.717) is 11.4 Å². The number of likely N-dealkylation sites (N-methyl/N-ethyl adjacent to an activating group) is 1. The zero-order valence-corrected chi connectivity index (χ0v) is 22.3. The summed E-state index contributed by atoms with van der Waals surface area (Å²) >= 11 is 0. The Kier molecular flexibility index (Phi) is 7.25. The number of H-pyrrole nitrogens is 1. The quantitative estimate of drug-likeness (QED) is 0.286. The van der Waals surface area contributed by atoms with Crippen LogP contribution in [0.1, 0.15) is 28.4 Å². The van der Waals surface area contributed by atoms with Crippen molar-refractivity contribution in [2.45, 2.75) is 20.0 Å². The Balaban J connectivity index is 1.10. The van der Waals surface area contributed by atoms with E-state index in [0.717, 1.165) is 62.6 Å². The van der Waals surface area contributed by atoms with Crippen molar-refractivity contribution in [3.63, 3.8) is 0 Å². The highest BCUT2D eigenvalue weighted by atomic mass is 16.1. The van der Waals surface area contributed by atoms with Gasteiger partial charge in [-0.25, -0.2) is 0 Å². The van der Waals surface area contributed by atoms with Crippen molar-refractivity contribution in [3.05, 3.63) is 108 Å². The molecular formula is C32H34N6O. The Hall–Kier alpha value is -4.20. The zero-order chi connectivity index (χ0) is 26.6. The molecule has 6 rings (SSSR count). The number of amides is 1. The first kappa shape index (κ1) is 25.1. The number of hydrogen-bond donors (Lipinski definition) is 2. The van der Waals surface area contributed by atoms with E-state index in [1.807, 2.05) is 24.3 Å². The van der Waals surface area contributed by atoms with Gasteiger partial charge in [-0.1, -0.05) is 61.5 Å². The first-order valence-electron chi connectivity index (χ1n) is 13.7. The Morgan fingerprint density at radius 1 is 0.846 bits per heavy atom. The molecule has 2 aromatic heterocycles. The van der Waals surface area contributed by atoms with Crippen LogP contribution < -0.4 is 5.32 Å². The molecule has 3 heterocycles. The number of piperazine rings is 1. The van der Waals surface area contributed by atoms with Gasteiger partial charge in [-0.05, 0) is 47.3 Å². The molecule has 1 saturated heterocycles. The molecule has 7 heteroatoms. The molecule has 0 aliphatic carbocycles. The molecule has 0 unspecified atom stereocenters. The number of anilines is 1. The number of carbonyl (C=O) groups excluding carboxylic acids is 1. The predicted molar refractivity (Wildman–Crippen MR) is 157 cm³/mol. The molecule has 1 aliphatic heterocycles. The van der Waals surface area contributed by atoms with Crippen LogP contribution in [0.2, 0.25) is 0 Å². The van der Waals surface area contributed by atoms with Crippen molar-refractivity contribution >= 4 is 22.6 Å². The fourth-order valence-corrected chi connectivity index (χ4v) is 5.27. The Morgan fingerprint density at radius 2 is 1.59 bits per heavy atom. The maximum Gasteiger partial charge on any atom is 0.256 e. The lowest BCUT2D eigenvalue weighted by Crippen LogP contribution is -2.45. The molecule has 1 amide bonds. The maximum atomic E-state index is 12.9. The average Bonchev–Trinajstić information content (AvgIpc) is 3.61. The summed E-state index contributed by atoms with van der Waals surface area (Å²) in [6.45, 7) is 9.48. The molecule has 0 saturated carbocycles. The molecule has 0 bridgehead atoms. The lowest BCUT2D eigenvalue weighted by Gasteiger charge is -2.34. The van der Waals surface area contributed by atoms with Gasteiger partial charge in [0.1, 0.15) is 0 Å². The average molecular weight is 519 g/mol. The second kappa shape index (κ2) is 11.3. The third-order valence-corrected chi connectivity index (χ3v) is 7.63. The van der Waals surface area contributed by atoms with Crippen LogP contribution in [-0.4, -0.2) is 63.2 Å². The molecule has 0 spiro atoms. The zero-order valence-electron chi connectivity index (χ0n) is 22.3. The topological polar surface area (TPSA) is 69.2 Å². The fourth-order valence-electron chi connectivity index (χ4n) is 5.27. The molecule has 1 aliphatic rings. The highest BCUT2D eigenvalue weighted by Gasteiger charge is 2.16. The highest BCUT2D eigenvalue weighted by molar-refractivity contribution is 6.04. The van der Waals surface area contributed by atoms with Gasteiger partial charge in [0.25, 0.3) is 5.91 Å². The number of rotatable bonds is 8. The fraction of sp³-hybridized carbons (Fsp3) is 0.250. The molecule has 39 heavy (non-hydrogen) atoms. The van der Waals surface area contributed by atoms with Crippen molar-refractivity contribution in [2.24, 2.45) is 0 Å². The second-order valence-electron chi connectivity index (χ2n) is 10.2. The second-order valence-corrected chi connectivity index (χ2v) is 10.2. The van der Waals surface area contributed by atoms with Crippen LogP contribution in [0, 0.1) is 0 Å². The van der Waals surface area contributed by atoms with Gasteiger partial charge in [-0.3, -0.25) is 14.8 Å². The lowest BCUT2D eigenvalue weighted by molar-refractivity contribution is 0.102. The molecule has 2 N–H and O–H groups in total. The van der Waals surface area contributed by atoms with Crippen LogP contribution in [0.15, 0.2) is 91.1 Å². The Bertz CT molecular complexity index is 1540. The lowest BCUT2D eigenvalue weighted by atomic mass is 10.1. The number of nitrogens with zero attached hydrogens (tertiary/aromatic N) is 4. The van der Waals surface area contributed by atoms with E-state index in [2.05, 4.69) is 104 Å². The molecule has 198 valence electrons. The minimum Gasteiger partial charge on any atom is -0.343 e.